The highest BCUT2D eigenvalue weighted by molar-refractivity contribution is 4.66. The van der Waals surface area contributed by atoms with Gasteiger partial charge in [-0.1, -0.05) is 13.8 Å². The number of nitrogens with one attached hydrogen (secondary N) is 1. The molecule has 0 saturated carbocycles. The molecule has 1 heterocycles. The Labute approximate surface area is 69.9 Å². The smallest absolute Gasteiger partial charge is 0.0156 e. The van der Waals surface area contributed by atoms with Crippen LogP contribution in [-0.2, 0) is 0 Å². The molecule has 1 atom stereocenters. The minimum Gasteiger partial charge on any atom is -0.255 e. The van der Waals surface area contributed by atoms with Crippen molar-refractivity contribution in [1.29, 1.82) is 0 Å². The summed E-state index contributed by atoms with van der Waals surface area (Å²) < 4.78 is 0. The molecule has 0 aromatic rings. The van der Waals surface area contributed by atoms with Crippen molar-refractivity contribution in [2.75, 3.05) is 19.6 Å². The van der Waals surface area contributed by atoms with E-state index in [0.717, 1.165) is 12.5 Å². The zero-order valence-corrected chi connectivity index (χ0v) is 7.77. The Morgan fingerprint density at radius 1 is 1.55 bits per heavy atom. The van der Waals surface area contributed by atoms with Gasteiger partial charge in [0.15, 0.2) is 0 Å². The first-order valence-corrected chi connectivity index (χ1v) is 4.81. The van der Waals surface area contributed by atoms with E-state index in [1.807, 2.05) is 0 Å². The van der Waals surface area contributed by atoms with Crippen LogP contribution in [0.25, 0.3) is 0 Å². The molecule has 66 valence electrons. The van der Waals surface area contributed by atoms with E-state index in [-0.39, 0.29) is 0 Å². The molecule has 1 rings (SSSR count). The lowest BCUT2D eigenvalue weighted by atomic mass is 10.0. The van der Waals surface area contributed by atoms with Crippen molar-refractivity contribution in [2.24, 2.45) is 5.92 Å². The van der Waals surface area contributed by atoms with Gasteiger partial charge in [-0.05, 0) is 25.2 Å². The largest absolute Gasteiger partial charge is 0.255 e. The van der Waals surface area contributed by atoms with Crippen LogP contribution in [0.3, 0.4) is 0 Å². The standard InChI is InChI=1S/C9H20N2/c1-3-6-10-11-7-4-5-9(2)8-11/h9-10H,3-8H2,1-2H3. The average molecular weight is 156 g/mol. The van der Waals surface area contributed by atoms with E-state index in [1.54, 1.807) is 0 Å². The molecule has 0 amide bonds. The fourth-order valence-electron chi connectivity index (χ4n) is 1.60. The quantitative estimate of drug-likeness (QED) is 0.668. The number of hydrogen-bond acceptors (Lipinski definition) is 2. The number of nitrogens with zero attached hydrogens (tertiary/aromatic N) is 1. The molecule has 1 N–H and O–H groups in total. The van der Waals surface area contributed by atoms with Gasteiger partial charge < -0.3 is 0 Å². The van der Waals surface area contributed by atoms with Gasteiger partial charge in [0.25, 0.3) is 0 Å². The molecule has 0 radical (unpaired) electrons. The summed E-state index contributed by atoms with van der Waals surface area (Å²) in [5.41, 5.74) is 3.44. The predicted molar refractivity (Wildman–Crippen MR) is 48.3 cm³/mol. The van der Waals surface area contributed by atoms with Gasteiger partial charge >= 0.3 is 0 Å². The molecule has 1 saturated heterocycles. The summed E-state index contributed by atoms with van der Waals surface area (Å²) in [7, 11) is 0. The summed E-state index contributed by atoms with van der Waals surface area (Å²) in [6.45, 7) is 8.15. The molecule has 1 fully saturated rings. The van der Waals surface area contributed by atoms with Crippen molar-refractivity contribution in [2.45, 2.75) is 33.1 Å². The molecule has 2 nitrogen and oxygen atoms in total. The van der Waals surface area contributed by atoms with Crippen molar-refractivity contribution in [3.63, 3.8) is 0 Å². The van der Waals surface area contributed by atoms with Gasteiger partial charge in [0.1, 0.15) is 0 Å². The Balaban J connectivity index is 2.12. The lowest BCUT2D eigenvalue weighted by Crippen LogP contribution is -2.44. The van der Waals surface area contributed by atoms with Crippen LogP contribution in [0.2, 0.25) is 0 Å². The van der Waals surface area contributed by atoms with Crippen LogP contribution >= 0.6 is 0 Å². The van der Waals surface area contributed by atoms with Crippen LogP contribution in [0.1, 0.15) is 33.1 Å². The zero-order chi connectivity index (χ0) is 8.10. The average Bonchev–Trinajstić information content (AvgIpc) is 2.01. The van der Waals surface area contributed by atoms with Crippen molar-refractivity contribution in [1.82, 2.24) is 10.4 Å². The predicted octanol–water partition coefficient (Wildman–Crippen LogP) is 1.63. The van der Waals surface area contributed by atoms with Crippen LogP contribution in [0.15, 0.2) is 0 Å². The summed E-state index contributed by atoms with van der Waals surface area (Å²) in [5, 5.41) is 2.37. The summed E-state index contributed by atoms with van der Waals surface area (Å²) in [6.07, 6.45) is 3.99. The first kappa shape index (κ1) is 9.01. The van der Waals surface area contributed by atoms with Crippen molar-refractivity contribution in [3.05, 3.63) is 0 Å². The summed E-state index contributed by atoms with van der Waals surface area (Å²) >= 11 is 0. The SMILES string of the molecule is CCCNN1CCCC(C)C1. The van der Waals surface area contributed by atoms with E-state index in [2.05, 4.69) is 24.3 Å². The molecule has 2 heteroatoms. The second kappa shape index (κ2) is 4.73. The second-order valence-electron chi connectivity index (χ2n) is 3.60. The third-order valence-corrected chi connectivity index (χ3v) is 2.24. The minimum absolute atomic E-state index is 0.883. The first-order chi connectivity index (χ1) is 5.33. The van der Waals surface area contributed by atoms with Crippen molar-refractivity contribution < 1.29 is 0 Å². The third kappa shape index (κ3) is 3.21. The van der Waals surface area contributed by atoms with E-state index in [0.29, 0.717) is 0 Å². The number of hydrogen-bond donors (Lipinski definition) is 1. The molecule has 1 aliphatic heterocycles. The highest BCUT2D eigenvalue weighted by atomic mass is 15.5. The molecule has 0 aliphatic carbocycles. The van der Waals surface area contributed by atoms with Crippen molar-refractivity contribution in [3.8, 4) is 0 Å². The summed E-state index contributed by atoms with van der Waals surface area (Å²) in [4.78, 5) is 0. The highest BCUT2D eigenvalue weighted by Crippen LogP contribution is 2.13. The summed E-state index contributed by atoms with van der Waals surface area (Å²) in [6, 6.07) is 0. The van der Waals surface area contributed by atoms with Gasteiger partial charge in [-0.25, -0.2) is 5.01 Å². The fourth-order valence-corrected chi connectivity index (χ4v) is 1.60. The molecular weight excluding hydrogens is 136 g/mol. The summed E-state index contributed by atoms with van der Waals surface area (Å²) in [5.74, 6) is 0.883. The Morgan fingerprint density at radius 2 is 2.36 bits per heavy atom. The Bertz CT molecular complexity index is 104. The molecule has 1 aliphatic rings. The van der Waals surface area contributed by atoms with Crippen LogP contribution in [0, 0.1) is 5.92 Å². The molecule has 1 unspecified atom stereocenters. The van der Waals surface area contributed by atoms with Gasteiger partial charge in [0.2, 0.25) is 0 Å². The lowest BCUT2D eigenvalue weighted by molar-refractivity contribution is 0.122. The molecule has 0 bridgehead atoms. The van der Waals surface area contributed by atoms with E-state index in [4.69, 9.17) is 0 Å². The van der Waals surface area contributed by atoms with Gasteiger partial charge in [-0.15, -0.1) is 0 Å². The lowest BCUT2D eigenvalue weighted by Gasteiger charge is -2.31. The van der Waals surface area contributed by atoms with Gasteiger partial charge in [-0.2, -0.15) is 0 Å². The maximum atomic E-state index is 3.44. The fraction of sp³-hybridized carbons (Fsp3) is 1.00. The maximum absolute atomic E-state index is 3.44. The van der Waals surface area contributed by atoms with E-state index in [9.17, 15) is 0 Å². The van der Waals surface area contributed by atoms with E-state index in [1.165, 1.54) is 32.4 Å². The van der Waals surface area contributed by atoms with Crippen LogP contribution < -0.4 is 5.43 Å². The number of piperidine rings is 1. The monoisotopic (exact) mass is 156 g/mol. The molecule has 0 aromatic heterocycles. The van der Waals surface area contributed by atoms with Gasteiger partial charge in [0.05, 0.1) is 0 Å². The van der Waals surface area contributed by atoms with Gasteiger partial charge in [-0.3, -0.25) is 5.43 Å². The van der Waals surface area contributed by atoms with Crippen LogP contribution in [0.5, 0.6) is 0 Å². The van der Waals surface area contributed by atoms with Crippen LogP contribution in [-0.4, -0.2) is 24.6 Å². The maximum Gasteiger partial charge on any atom is 0.0156 e. The Kier molecular flexibility index (Phi) is 3.87. The molecule has 11 heavy (non-hydrogen) atoms. The van der Waals surface area contributed by atoms with Gasteiger partial charge in [0, 0.05) is 19.6 Å². The third-order valence-electron chi connectivity index (χ3n) is 2.24. The van der Waals surface area contributed by atoms with E-state index < -0.39 is 0 Å². The van der Waals surface area contributed by atoms with E-state index >= 15 is 0 Å². The topological polar surface area (TPSA) is 15.3 Å². The first-order valence-electron chi connectivity index (χ1n) is 4.81. The van der Waals surface area contributed by atoms with Crippen LogP contribution in [0.4, 0.5) is 0 Å². The van der Waals surface area contributed by atoms with Crippen molar-refractivity contribution >= 4 is 0 Å². The minimum atomic E-state index is 0.883. The Morgan fingerprint density at radius 3 is 3.00 bits per heavy atom. The highest BCUT2D eigenvalue weighted by Gasteiger charge is 2.14. The zero-order valence-electron chi connectivity index (χ0n) is 7.77. The second-order valence-corrected chi connectivity index (χ2v) is 3.60. The number of hydrazine groups is 1. The molecule has 0 spiro atoms. The Hall–Kier alpha value is -0.0800. The molecular formula is C9H20N2. The molecule has 0 aromatic carbocycles. The number of rotatable bonds is 3. The normalized spacial score (nSPS) is 27.3.